The zero-order valence-electron chi connectivity index (χ0n) is 9.80. The van der Waals surface area contributed by atoms with Crippen LogP contribution in [0.5, 0.6) is 0 Å². The Morgan fingerprint density at radius 3 is 2.47 bits per heavy atom. The Morgan fingerprint density at radius 2 is 1.94 bits per heavy atom. The molecule has 1 N–H and O–H groups in total. The lowest BCUT2D eigenvalue weighted by atomic mass is 10.1. The van der Waals surface area contributed by atoms with Gasteiger partial charge in [-0.2, -0.15) is 0 Å². The van der Waals surface area contributed by atoms with Gasteiger partial charge in [-0.05, 0) is 25.3 Å². The lowest BCUT2D eigenvalue weighted by molar-refractivity contribution is 0.0920. The van der Waals surface area contributed by atoms with Crippen molar-refractivity contribution < 1.29 is 4.79 Å². The standard InChI is InChI=1S/C12H15Br2NOS/c1-12(7-13,8-14)15-11(16)9-5-3-4-6-10(9)17-2/h3-6H,7-8H2,1-2H3,(H,15,16). The average Bonchev–Trinajstić information content (AvgIpc) is 2.38. The van der Waals surface area contributed by atoms with Gasteiger partial charge in [0.15, 0.2) is 0 Å². The second-order valence-electron chi connectivity index (χ2n) is 3.98. The number of hydrogen-bond acceptors (Lipinski definition) is 2. The first kappa shape index (κ1) is 15.1. The highest BCUT2D eigenvalue weighted by atomic mass is 79.9. The predicted molar refractivity (Wildman–Crippen MR) is 81.7 cm³/mol. The van der Waals surface area contributed by atoms with Gasteiger partial charge in [-0.1, -0.05) is 44.0 Å². The van der Waals surface area contributed by atoms with Crippen molar-refractivity contribution in [3.63, 3.8) is 0 Å². The number of halogens is 2. The van der Waals surface area contributed by atoms with Gasteiger partial charge in [-0.25, -0.2) is 0 Å². The molecule has 0 heterocycles. The van der Waals surface area contributed by atoms with Crippen molar-refractivity contribution in [2.45, 2.75) is 17.4 Å². The molecule has 0 radical (unpaired) electrons. The molecule has 0 aliphatic carbocycles. The van der Waals surface area contributed by atoms with Crippen LogP contribution in [0.2, 0.25) is 0 Å². The minimum absolute atomic E-state index is 0.0312. The summed E-state index contributed by atoms with van der Waals surface area (Å²) in [4.78, 5) is 13.2. The summed E-state index contributed by atoms with van der Waals surface area (Å²) < 4.78 is 0. The van der Waals surface area contributed by atoms with Crippen LogP contribution in [0.4, 0.5) is 0 Å². The molecule has 1 aromatic carbocycles. The molecule has 0 spiro atoms. The molecule has 0 bridgehead atoms. The summed E-state index contributed by atoms with van der Waals surface area (Å²) in [5.41, 5.74) is 0.455. The molecular weight excluding hydrogens is 366 g/mol. The summed E-state index contributed by atoms with van der Waals surface area (Å²) in [6.07, 6.45) is 1.97. The molecule has 0 aliphatic heterocycles. The Bertz CT molecular complexity index is 394. The maximum absolute atomic E-state index is 12.2. The van der Waals surface area contributed by atoms with Crippen LogP contribution < -0.4 is 5.32 Å². The van der Waals surface area contributed by atoms with E-state index in [0.717, 1.165) is 10.5 Å². The van der Waals surface area contributed by atoms with Crippen molar-refractivity contribution in [1.29, 1.82) is 0 Å². The van der Waals surface area contributed by atoms with Gasteiger partial charge in [-0.15, -0.1) is 11.8 Å². The van der Waals surface area contributed by atoms with E-state index in [1.54, 1.807) is 11.8 Å². The van der Waals surface area contributed by atoms with E-state index in [1.165, 1.54) is 0 Å². The van der Waals surface area contributed by atoms with Gasteiger partial charge in [0.1, 0.15) is 0 Å². The van der Waals surface area contributed by atoms with Gasteiger partial charge in [0.05, 0.1) is 11.1 Å². The Hall–Kier alpha value is 0. The highest BCUT2D eigenvalue weighted by Gasteiger charge is 2.25. The van der Waals surface area contributed by atoms with Crippen molar-refractivity contribution in [2.75, 3.05) is 16.9 Å². The number of thioether (sulfide) groups is 1. The number of hydrogen-bond donors (Lipinski definition) is 1. The number of carbonyl (C=O) groups excluding carboxylic acids is 1. The third-order valence-electron chi connectivity index (χ3n) is 2.36. The molecule has 0 aliphatic rings. The molecule has 0 saturated carbocycles. The van der Waals surface area contributed by atoms with Crippen LogP contribution in [0.1, 0.15) is 17.3 Å². The summed E-state index contributed by atoms with van der Waals surface area (Å²) >= 11 is 8.42. The van der Waals surface area contributed by atoms with E-state index >= 15 is 0 Å². The topological polar surface area (TPSA) is 29.1 Å². The average molecular weight is 381 g/mol. The molecule has 2 nitrogen and oxygen atoms in total. The van der Waals surface area contributed by atoms with Gasteiger partial charge in [0.25, 0.3) is 5.91 Å². The van der Waals surface area contributed by atoms with Gasteiger partial charge in [-0.3, -0.25) is 4.79 Å². The zero-order chi connectivity index (χ0) is 12.9. The number of nitrogens with one attached hydrogen (secondary N) is 1. The summed E-state index contributed by atoms with van der Waals surface area (Å²) in [6, 6.07) is 7.63. The highest BCUT2D eigenvalue weighted by Crippen LogP contribution is 2.21. The van der Waals surface area contributed by atoms with Crippen molar-refractivity contribution in [3.05, 3.63) is 29.8 Å². The molecule has 0 saturated heterocycles. The van der Waals surface area contributed by atoms with Crippen LogP contribution in [-0.2, 0) is 0 Å². The highest BCUT2D eigenvalue weighted by molar-refractivity contribution is 9.09. The van der Waals surface area contributed by atoms with Crippen molar-refractivity contribution in [3.8, 4) is 0 Å². The van der Waals surface area contributed by atoms with E-state index in [2.05, 4.69) is 37.2 Å². The van der Waals surface area contributed by atoms with E-state index in [0.29, 0.717) is 10.7 Å². The Kier molecular flexibility index (Phi) is 6.03. The first-order valence-corrected chi connectivity index (χ1v) is 8.60. The summed E-state index contributed by atoms with van der Waals surface area (Å²) in [6.45, 7) is 2.00. The lowest BCUT2D eigenvalue weighted by Crippen LogP contribution is -2.49. The maximum atomic E-state index is 12.2. The first-order chi connectivity index (χ1) is 8.06. The molecule has 1 aromatic rings. The summed E-state index contributed by atoms with van der Waals surface area (Å²) in [5, 5.41) is 4.45. The number of carbonyl (C=O) groups is 1. The molecule has 0 unspecified atom stereocenters. The van der Waals surface area contributed by atoms with Gasteiger partial charge in [0.2, 0.25) is 0 Å². The Balaban J connectivity index is 2.90. The monoisotopic (exact) mass is 379 g/mol. The van der Waals surface area contributed by atoms with Crippen LogP contribution in [0.3, 0.4) is 0 Å². The fraction of sp³-hybridized carbons (Fsp3) is 0.417. The van der Waals surface area contributed by atoms with Crippen LogP contribution in [0.25, 0.3) is 0 Å². The predicted octanol–water partition coefficient (Wildman–Crippen LogP) is 3.69. The van der Waals surface area contributed by atoms with Crippen molar-refractivity contribution >= 4 is 49.5 Å². The van der Waals surface area contributed by atoms with Gasteiger partial charge >= 0.3 is 0 Å². The quantitative estimate of drug-likeness (QED) is 0.623. The molecule has 5 heteroatoms. The Labute approximate surface area is 123 Å². The smallest absolute Gasteiger partial charge is 0.252 e. The van der Waals surface area contributed by atoms with Crippen LogP contribution in [0, 0.1) is 0 Å². The number of rotatable bonds is 5. The van der Waals surface area contributed by atoms with Crippen LogP contribution >= 0.6 is 43.6 Å². The van der Waals surface area contributed by atoms with Crippen LogP contribution in [0.15, 0.2) is 29.2 Å². The molecule has 0 aromatic heterocycles. The molecule has 1 rings (SSSR count). The number of benzene rings is 1. The van der Waals surface area contributed by atoms with E-state index < -0.39 is 0 Å². The lowest BCUT2D eigenvalue weighted by Gasteiger charge is -2.26. The van der Waals surface area contributed by atoms with Crippen LogP contribution in [-0.4, -0.2) is 28.4 Å². The molecule has 0 atom stereocenters. The van der Waals surface area contributed by atoms with Gasteiger partial charge < -0.3 is 5.32 Å². The molecule has 94 valence electrons. The van der Waals surface area contributed by atoms with E-state index in [-0.39, 0.29) is 11.4 Å². The first-order valence-electron chi connectivity index (χ1n) is 5.14. The van der Waals surface area contributed by atoms with Crippen molar-refractivity contribution in [1.82, 2.24) is 5.32 Å². The summed E-state index contributed by atoms with van der Waals surface area (Å²) in [7, 11) is 0. The minimum atomic E-state index is -0.275. The SMILES string of the molecule is CSc1ccccc1C(=O)NC(C)(CBr)CBr. The zero-order valence-corrected chi connectivity index (χ0v) is 13.8. The van der Waals surface area contributed by atoms with E-state index in [4.69, 9.17) is 0 Å². The fourth-order valence-corrected chi connectivity index (χ4v) is 3.08. The summed E-state index contributed by atoms with van der Waals surface area (Å²) in [5.74, 6) is -0.0312. The second-order valence-corrected chi connectivity index (χ2v) is 5.95. The van der Waals surface area contributed by atoms with Gasteiger partial charge in [0, 0.05) is 15.6 Å². The molecule has 0 fully saturated rings. The third kappa shape index (κ3) is 4.00. The number of amides is 1. The van der Waals surface area contributed by atoms with E-state index in [1.807, 2.05) is 37.4 Å². The second kappa shape index (κ2) is 6.81. The fourth-order valence-electron chi connectivity index (χ4n) is 1.28. The van der Waals surface area contributed by atoms with Crippen molar-refractivity contribution in [2.24, 2.45) is 0 Å². The molecule has 1 amide bonds. The maximum Gasteiger partial charge on any atom is 0.252 e. The Morgan fingerprint density at radius 1 is 1.35 bits per heavy atom. The third-order valence-corrected chi connectivity index (χ3v) is 5.63. The molecular formula is C12H15Br2NOS. The number of alkyl halides is 2. The normalized spacial score (nSPS) is 11.3. The largest absolute Gasteiger partial charge is 0.345 e. The molecule has 17 heavy (non-hydrogen) atoms. The van der Waals surface area contributed by atoms with E-state index in [9.17, 15) is 4.79 Å². The minimum Gasteiger partial charge on any atom is -0.345 e.